The van der Waals surface area contributed by atoms with Gasteiger partial charge in [-0.15, -0.1) is 0 Å². The molecular weight excluding hydrogens is 260 g/mol. The molecule has 1 aromatic heterocycles. The topological polar surface area (TPSA) is 48.1 Å². The maximum Gasteiger partial charge on any atom is 0.119 e. The van der Waals surface area contributed by atoms with Crippen LogP contribution in [0.4, 0.5) is 0 Å². The van der Waals surface area contributed by atoms with E-state index < -0.39 is 0 Å². The molecule has 1 aromatic carbocycles. The van der Waals surface area contributed by atoms with Crippen molar-refractivity contribution >= 4 is 0 Å². The number of rotatable bonds is 4. The van der Waals surface area contributed by atoms with Crippen molar-refractivity contribution in [1.82, 2.24) is 4.98 Å². The van der Waals surface area contributed by atoms with Gasteiger partial charge in [-0.25, -0.2) is 0 Å². The summed E-state index contributed by atoms with van der Waals surface area (Å²) in [6, 6.07) is 14.1. The zero-order valence-corrected chi connectivity index (χ0v) is 12.2. The van der Waals surface area contributed by atoms with Crippen LogP contribution in [0.15, 0.2) is 48.7 Å². The molecular formula is C18H22N2O. The van der Waals surface area contributed by atoms with Gasteiger partial charge in [-0.2, -0.15) is 0 Å². The zero-order chi connectivity index (χ0) is 14.5. The second-order valence-corrected chi connectivity index (χ2v) is 5.68. The molecule has 3 heteroatoms. The van der Waals surface area contributed by atoms with Gasteiger partial charge in [0, 0.05) is 17.7 Å². The van der Waals surface area contributed by atoms with E-state index in [9.17, 15) is 0 Å². The second kappa shape index (κ2) is 6.72. The first-order valence-corrected chi connectivity index (χ1v) is 7.75. The first kappa shape index (κ1) is 14.1. The lowest BCUT2D eigenvalue weighted by Crippen LogP contribution is -2.35. The average molecular weight is 282 g/mol. The van der Waals surface area contributed by atoms with E-state index in [-0.39, 0.29) is 6.10 Å². The van der Waals surface area contributed by atoms with Gasteiger partial charge in [0.15, 0.2) is 0 Å². The minimum Gasteiger partial charge on any atom is -0.490 e. The fourth-order valence-electron chi connectivity index (χ4n) is 3.01. The summed E-state index contributed by atoms with van der Waals surface area (Å²) in [5.74, 6) is 1.43. The maximum absolute atomic E-state index is 6.15. The summed E-state index contributed by atoms with van der Waals surface area (Å²) < 4.78 is 6.15. The summed E-state index contributed by atoms with van der Waals surface area (Å²) in [7, 11) is 0. The monoisotopic (exact) mass is 282 g/mol. The van der Waals surface area contributed by atoms with Crippen LogP contribution in [-0.2, 0) is 0 Å². The Labute approximate surface area is 126 Å². The van der Waals surface area contributed by atoms with Gasteiger partial charge in [-0.3, -0.25) is 4.98 Å². The predicted molar refractivity (Wildman–Crippen MR) is 85.1 cm³/mol. The molecule has 2 aromatic rings. The van der Waals surface area contributed by atoms with Crippen LogP contribution in [0.2, 0.25) is 0 Å². The number of nitrogens with two attached hydrogens (primary N) is 1. The van der Waals surface area contributed by atoms with Crippen molar-refractivity contribution in [3.63, 3.8) is 0 Å². The predicted octanol–water partition coefficient (Wildman–Crippen LogP) is 3.64. The van der Waals surface area contributed by atoms with E-state index in [2.05, 4.69) is 17.1 Å². The summed E-state index contributed by atoms with van der Waals surface area (Å²) in [6.45, 7) is 0.719. The van der Waals surface area contributed by atoms with Crippen LogP contribution in [0.3, 0.4) is 0 Å². The molecule has 0 bridgehead atoms. The fourth-order valence-corrected chi connectivity index (χ4v) is 3.01. The average Bonchev–Trinajstić information content (AvgIpc) is 2.57. The lowest BCUT2D eigenvalue weighted by Gasteiger charge is -2.31. The van der Waals surface area contributed by atoms with Crippen molar-refractivity contribution in [2.24, 2.45) is 11.7 Å². The highest BCUT2D eigenvalue weighted by atomic mass is 16.5. The van der Waals surface area contributed by atoms with E-state index >= 15 is 0 Å². The highest BCUT2D eigenvalue weighted by Crippen LogP contribution is 2.28. The summed E-state index contributed by atoms with van der Waals surface area (Å²) in [5.41, 5.74) is 7.96. The van der Waals surface area contributed by atoms with Crippen molar-refractivity contribution < 1.29 is 4.74 Å². The van der Waals surface area contributed by atoms with E-state index in [0.717, 1.165) is 30.0 Å². The van der Waals surface area contributed by atoms with Crippen LogP contribution in [0.25, 0.3) is 11.3 Å². The molecule has 110 valence electrons. The second-order valence-electron chi connectivity index (χ2n) is 5.68. The molecule has 0 aliphatic heterocycles. The molecule has 1 aliphatic carbocycles. The third kappa shape index (κ3) is 3.42. The van der Waals surface area contributed by atoms with Gasteiger partial charge in [-0.05, 0) is 62.2 Å². The number of hydrogen-bond donors (Lipinski definition) is 1. The van der Waals surface area contributed by atoms with Crippen molar-refractivity contribution in [3.8, 4) is 17.0 Å². The number of ether oxygens (including phenoxy) is 1. The molecule has 1 heterocycles. The summed E-state index contributed by atoms with van der Waals surface area (Å²) in [5, 5.41) is 0. The Morgan fingerprint density at radius 1 is 1.05 bits per heavy atom. The van der Waals surface area contributed by atoms with E-state index in [4.69, 9.17) is 10.5 Å². The van der Waals surface area contributed by atoms with Crippen molar-refractivity contribution in [1.29, 1.82) is 0 Å². The molecule has 2 N–H and O–H groups in total. The van der Waals surface area contributed by atoms with Gasteiger partial charge in [0.2, 0.25) is 0 Å². The zero-order valence-electron chi connectivity index (χ0n) is 12.2. The van der Waals surface area contributed by atoms with Gasteiger partial charge in [0.1, 0.15) is 11.9 Å². The lowest BCUT2D eigenvalue weighted by atomic mass is 9.86. The fraction of sp³-hybridized carbons (Fsp3) is 0.389. The molecule has 3 nitrogen and oxygen atoms in total. The molecule has 2 unspecified atom stereocenters. The Morgan fingerprint density at radius 3 is 2.57 bits per heavy atom. The smallest absolute Gasteiger partial charge is 0.119 e. The van der Waals surface area contributed by atoms with Crippen molar-refractivity contribution in [2.75, 3.05) is 6.54 Å². The van der Waals surface area contributed by atoms with Gasteiger partial charge < -0.3 is 10.5 Å². The Kier molecular flexibility index (Phi) is 4.51. The van der Waals surface area contributed by atoms with Crippen LogP contribution < -0.4 is 10.5 Å². The van der Waals surface area contributed by atoms with E-state index in [1.54, 1.807) is 0 Å². The van der Waals surface area contributed by atoms with Crippen molar-refractivity contribution in [2.45, 2.75) is 31.8 Å². The van der Waals surface area contributed by atoms with Crippen LogP contribution in [0.5, 0.6) is 5.75 Å². The Morgan fingerprint density at radius 2 is 1.86 bits per heavy atom. The van der Waals surface area contributed by atoms with Gasteiger partial charge >= 0.3 is 0 Å². The molecule has 0 saturated heterocycles. The normalized spacial score (nSPS) is 22.0. The molecule has 0 amide bonds. The first-order valence-electron chi connectivity index (χ1n) is 7.75. The van der Waals surface area contributed by atoms with Gasteiger partial charge in [0.05, 0.1) is 5.69 Å². The van der Waals surface area contributed by atoms with Crippen LogP contribution in [0.1, 0.15) is 25.7 Å². The largest absolute Gasteiger partial charge is 0.490 e. The molecule has 1 saturated carbocycles. The number of benzene rings is 1. The van der Waals surface area contributed by atoms with Crippen LogP contribution in [0, 0.1) is 5.92 Å². The molecule has 0 radical (unpaired) electrons. The molecule has 21 heavy (non-hydrogen) atoms. The number of nitrogens with zero attached hydrogens (tertiary/aromatic N) is 1. The minimum atomic E-state index is 0.268. The maximum atomic E-state index is 6.15. The number of aromatic nitrogens is 1. The molecule has 0 spiro atoms. The Bertz CT molecular complexity index is 553. The number of pyridine rings is 1. The highest BCUT2D eigenvalue weighted by molar-refractivity contribution is 5.59. The van der Waals surface area contributed by atoms with E-state index in [1.807, 2.05) is 36.5 Å². The summed E-state index contributed by atoms with van der Waals surface area (Å²) >= 11 is 0. The summed E-state index contributed by atoms with van der Waals surface area (Å²) in [4.78, 5) is 4.36. The molecule has 2 atom stereocenters. The third-order valence-corrected chi connectivity index (χ3v) is 4.24. The van der Waals surface area contributed by atoms with Crippen molar-refractivity contribution in [3.05, 3.63) is 48.7 Å². The van der Waals surface area contributed by atoms with E-state index in [0.29, 0.717) is 5.92 Å². The first-order chi connectivity index (χ1) is 10.4. The highest BCUT2D eigenvalue weighted by Gasteiger charge is 2.25. The number of hydrogen-bond acceptors (Lipinski definition) is 3. The minimum absolute atomic E-state index is 0.268. The quantitative estimate of drug-likeness (QED) is 0.931. The van der Waals surface area contributed by atoms with E-state index in [1.165, 1.54) is 19.3 Å². The molecule has 3 rings (SSSR count). The van der Waals surface area contributed by atoms with Gasteiger partial charge in [-0.1, -0.05) is 12.5 Å². The Balaban J connectivity index is 1.69. The van der Waals surface area contributed by atoms with Gasteiger partial charge in [0.25, 0.3) is 0 Å². The third-order valence-electron chi connectivity index (χ3n) is 4.24. The van der Waals surface area contributed by atoms with Crippen LogP contribution >= 0.6 is 0 Å². The summed E-state index contributed by atoms with van der Waals surface area (Å²) in [6.07, 6.45) is 6.91. The lowest BCUT2D eigenvalue weighted by molar-refractivity contribution is 0.0970. The Hall–Kier alpha value is -1.87. The SMILES string of the molecule is NCC1CCCCC1Oc1ccc(-c2ccccn2)cc1. The molecule has 1 fully saturated rings. The van der Waals surface area contributed by atoms with Crippen LogP contribution in [-0.4, -0.2) is 17.6 Å². The standard InChI is InChI=1S/C18H22N2O/c19-13-15-5-1-2-7-18(15)21-16-10-8-14(9-11-16)17-6-3-4-12-20-17/h3-4,6,8-12,15,18H,1-2,5,7,13,19H2. The molecule has 1 aliphatic rings.